The normalized spacial score (nSPS) is 19.8. The van der Waals surface area contributed by atoms with Crippen LogP contribution in [0.4, 0.5) is 0 Å². The van der Waals surface area contributed by atoms with E-state index in [4.69, 9.17) is 4.74 Å². The number of ketones is 1. The molecule has 20 heavy (non-hydrogen) atoms. The Balaban J connectivity index is 2.18. The first-order valence-electron chi connectivity index (χ1n) is 6.76. The third-order valence-electron chi connectivity index (χ3n) is 3.27. The van der Waals surface area contributed by atoms with E-state index in [1.807, 2.05) is 0 Å². The summed E-state index contributed by atoms with van der Waals surface area (Å²) in [6.07, 6.45) is 1.97. The van der Waals surface area contributed by atoms with Gasteiger partial charge >= 0.3 is 0 Å². The van der Waals surface area contributed by atoms with Crippen molar-refractivity contribution in [1.29, 1.82) is 0 Å². The monoisotopic (exact) mass is 297 g/mol. The molecule has 0 radical (unpaired) electrons. The Labute approximate surface area is 119 Å². The maximum Gasteiger partial charge on any atom is 0.240 e. The summed E-state index contributed by atoms with van der Waals surface area (Å²) in [6, 6.07) is 5.96. The van der Waals surface area contributed by atoms with Crippen LogP contribution in [0.2, 0.25) is 0 Å². The molecule has 1 unspecified atom stereocenters. The van der Waals surface area contributed by atoms with Crippen LogP contribution in [-0.2, 0) is 14.8 Å². The van der Waals surface area contributed by atoms with Gasteiger partial charge in [0, 0.05) is 24.6 Å². The molecular weight excluding hydrogens is 278 g/mol. The predicted octanol–water partition coefficient (Wildman–Crippen LogP) is 1.74. The highest BCUT2D eigenvalue weighted by atomic mass is 32.2. The van der Waals surface area contributed by atoms with E-state index in [0.717, 1.165) is 12.8 Å². The van der Waals surface area contributed by atoms with Crippen LogP contribution in [0.25, 0.3) is 0 Å². The Hall–Kier alpha value is -1.24. The van der Waals surface area contributed by atoms with Gasteiger partial charge < -0.3 is 4.74 Å². The summed E-state index contributed by atoms with van der Waals surface area (Å²) < 4.78 is 32.5. The van der Waals surface area contributed by atoms with Crippen molar-refractivity contribution >= 4 is 15.8 Å². The molecule has 0 amide bonds. The van der Waals surface area contributed by atoms with Gasteiger partial charge in [-0.1, -0.05) is 19.1 Å². The molecule has 1 fully saturated rings. The van der Waals surface area contributed by atoms with Crippen LogP contribution >= 0.6 is 0 Å². The van der Waals surface area contributed by atoms with Gasteiger partial charge in [0.1, 0.15) is 0 Å². The molecule has 0 aliphatic carbocycles. The molecule has 2 rings (SSSR count). The molecule has 1 heterocycles. The van der Waals surface area contributed by atoms with Crippen LogP contribution in [0.1, 0.15) is 36.5 Å². The van der Waals surface area contributed by atoms with Crippen molar-refractivity contribution in [3.8, 4) is 0 Å². The molecule has 0 saturated carbocycles. The fourth-order valence-corrected chi connectivity index (χ4v) is 3.46. The number of hydrogen-bond acceptors (Lipinski definition) is 4. The number of ether oxygens (including phenoxy) is 1. The fraction of sp³-hybridized carbons (Fsp3) is 0.500. The number of rotatable bonds is 5. The maximum absolute atomic E-state index is 12.3. The number of carbonyl (C=O) groups is 1. The highest BCUT2D eigenvalue weighted by molar-refractivity contribution is 7.89. The molecule has 1 aromatic rings. The lowest BCUT2D eigenvalue weighted by Gasteiger charge is -2.23. The first kappa shape index (κ1) is 15.2. The molecule has 0 aromatic heterocycles. The second-order valence-corrected chi connectivity index (χ2v) is 6.55. The quantitative estimate of drug-likeness (QED) is 0.840. The lowest BCUT2D eigenvalue weighted by molar-refractivity contribution is 0.0774. The second-order valence-electron chi connectivity index (χ2n) is 4.84. The van der Waals surface area contributed by atoms with E-state index in [1.165, 1.54) is 12.1 Å². The lowest BCUT2D eigenvalue weighted by atomic mass is 10.1. The van der Waals surface area contributed by atoms with Crippen LogP contribution in [0.5, 0.6) is 0 Å². The fourth-order valence-electron chi connectivity index (χ4n) is 2.16. The summed E-state index contributed by atoms with van der Waals surface area (Å²) in [7, 11) is -3.61. The van der Waals surface area contributed by atoms with Gasteiger partial charge in [0.2, 0.25) is 10.0 Å². The van der Waals surface area contributed by atoms with Gasteiger partial charge in [-0.25, -0.2) is 13.1 Å². The Bertz CT molecular complexity index is 577. The summed E-state index contributed by atoms with van der Waals surface area (Å²) >= 11 is 0. The summed E-state index contributed by atoms with van der Waals surface area (Å²) in [6.45, 7) is 2.83. The number of carbonyl (C=O) groups excluding carboxylic acids is 1. The van der Waals surface area contributed by atoms with E-state index in [1.54, 1.807) is 19.1 Å². The number of sulfonamides is 1. The second kappa shape index (κ2) is 6.47. The molecule has 110 valence electrons. The molecule has 0 spiro atoms. The Morgan fingerprint density at radius 2 is 2.25 bits per heavy atom. The Morgan fingerprint density at radius 1 is 1.45 bits per heavy atom. The molecule has 1 atom stereocenters. The third-order valence-corrected chi connectivity index (χ3v) is 4.79. The SMILES string of the molecule is CCC(=O)c1cccc(S(=O)(=O)NC2CCCOC2)c1. The topological polar surface area (TPSA) is 72.5 Å². The van der Waals surface area contributed by atoms with Crippen molar-refractivity contribution < 1.29 is 17.9 Å². The zero-order chi connectivity index (χ0) is 14.6. The van der Waals surface area contributed by atoms with E-state index in [-0.39, 0.29) is 16.7 Å². The third kappa shape index (κ3) is 3.65. The van der Waals surface area contributed by atoms with E-state index in [2.05, 4.69) is 4.72 Å². The van der Waals surface area contributed by atoms with E-state index < -0.39 is 10.0 Å². The highest BCUT2D eigenvalue weighted by Crippen LogP contribution is 2.15. The minimum Gasteiger partial charge on any atom is -0.380 e. The van der Waals surface area contributed by atoms with E-state index in [0.29, 0.717) is 25.2 Å². The van der Waals surface area contributed by atoms with Crippen LogP contribution < -0.4 is 4.72 Å². The zero-order valence-electron chi connectivity index (χ0n) is 11.5. The molecule has 0 bridgehead atoms. The number of Topliss-reactive ketones (excluding diaryl/α,β-unsaturated/α-hetero) is 1. The van der Waals surface area contributed by atoms with Crippen LogP contribution in [0, 0.1) is 0 Å². The van der Waals surface area contributed by atoms with Crippen molar-refractivity contribution in [3.63, 3.8) is 0 Å². The van der Waals surface area contributed by atoms with Gasteiger partial charge in [-0.15, -0.1) is 0 Å². The maximum atomic E-state index is 12.3. The van der Waals surface area contributed by atoms with Crippen LogP contribution in [0.15, 0.2) is 29.2 Å². The predicted molar refractivity (Wildman–Crippen MR) is 75.2 cm³/mol. The van der Waals surface area contributed by atoms with Crippen molar-refractivity contribution in [2.45, 2.75) is 37.1 Å². The molecule has 1 N–H and O–H groups in total. The largest absolute Gasteiger partial charge is 0.380 e. The standard InChI is InChI=1S/C14H19NO4S/c1-2-14(16)11-5-3-7-13(9-11)20(17,18)15-12-6-4-8-19-10-12/h3,5,7,9,12,15H,2,4,6,8,10H2,1H3. The van der Waals surface area contributed by atoms with Gasteiger partial charge in [-0.3, -0.25) is 4.79 Å². The van der Waals surface area contributed by atoms with Gasteiger partial charge in [0.05, 0.1) is 11.5 Å². The van der Waals surface area contributed by atoms with Crippen molar-refractivity contribution in [3.05, 3.63) is 29.8 Å². The summed E-state index contributed by atoms with van der Waals surface area (Å²) in [5.74, 6) is -0.0666. The van der Waals surface area contributed by atoms with Gasteiger partial charge in [0.25, 0.3) is 0 Å². The van der Waals surface area contributed by atoms with E-state index in [9.17, 15) is 13.2 Å². The molecule has 6 heteroatoms. The number of hydrogen-bond donors (Lipinski definition) is 1. The highest BCUT2D eigenvalue weighted by Gasteiger charge is 2.22. The van der Waals surface area contributed by atoms with Crippen molar-refractivity contribution in [1.82, 2.24) is 4.72 Å². The zero-order valence-corrected chi connectivity index (χ0v) is 12.3. The van der Waals surface area contributed by atoms with Gasteiger partial charge in [0.15, 0.2) is 5.78 Å². The number of nitrogens with one attached hydrogen (secondary N) is 1. The summed E-state index contributed by atoms with van der Waals surface area (Å²) in [4.78, 5) is 11.8. The Kier molecular flexibility index (Phi) is 4.91. The first-order valence-corrected chi connectivity index (χ1v) is 8.24. The van der Waals surface area contributed by atoms with Gasteiger partial charge in [-0.2, -0.15) is 0 Å². The summed E-state index contributed by atoms with van der Waals surface area (Å²) in [5, 5.41) is 0. The lowest BCUT2D eigenvalue weighted by Crippen LogP contribution is -2.40. The average molecular weight is 297 g/mol. The Morgan fingerprint density at radius 3 is 2.90 bits per heavy atom. The minimum atomic E-state index is -3.61. The number of benzene rings is 1. The van der Waals surface area contributed by atoms with E-state index >= 15 is 0 Å². The molecule has 1 aliphatic heterocycles. The summed E-state index contributed by atoms with van der Waals surface area (Å²) in [5.41, 5.74) is 0.426. The van der Waals surface area contributed by atoms with Crippen molar-refractivity contribution in [2.24, 2.45) is 0 Å². The van der Waals surface area contributed by atoms with Crippen LogP contribution in [-0.4, -0.2) is 33.5 Å². The first-order chi connectivity index (χ1) is 9.53. The van der Waals surface area contributed by atoms with Gasteiger partial charge in [-0.05, 0) is 25.0 Å². The van der Waals surface area contributed by atoms with Crippen molar-refractivity contribution in [2.75, 3.05) is 13.2 Å². The minimum absolute atomic E-state index is 0.0666. The smallest absolute Gasteiger partial charge is 0.240 e. The molecule has 1 aliphatic rings. The molecular formula is C14H19NO4S. The average Bonchev–Trinajstić information content (AvgIpc) is 2.47. The molecule has 1 saturated heterocycles. The molecule has 1 aromatic carbocycles. The molecule has 5 nitrogen and oxygen atoms in total. The van der Waals surface area contributed by atoms with Crippen LogP contribution in [0.3, 0.4) is 0 Å².